The van der Waals surface area contributed by atoms with Gasteiger partial charge in [0.2, 0.25) is 0 Å². The Kier molecular flexibility index (Phi) is 5.94. The highest BCUT2D eigenvalue weighted by Crippen LogP contribution is 2.17. The van der Waals surface area contributed by atoms with E-state index in [1.807, 2.05) is 13.8 Å². The van der Waals surface area contributed by atoms with E-state index in [-0.39, 0.29) is 12.1 Å². The number of carbonyl (C=O) groups is 1. The first-order valence-corrected chi connectivity index (χ1v) is 7.68. The molecule has 122 valence electrons. The number of nitrogens with one attached hydrogen (secondary N) is 2. The zero-order chi connectivity index (χ0) is 15.9. The lowest BCUT2D eigenvalue weighted by molar-refractivity contribution is 0.236. The SMILES string of the molecule is COc1ncc(CN2CC[C@@H](CNC(=O)NC(C)C)C2)cn1. The van der Waals surface area contributed by atoms with Crippen LogP contribution in [0.2, 0.25) is 0 Å². The Balaban J connectivity index is 1.71. The molecule has 1 saturated heterocycles. The molecule has 1 aliphatic rings. The van der Waals surface area contributed by atoms with Gasteiger partial charge in [-0.25, -0.2) is 14.8 Å². The van der Waals surface area contributed by atoms with Crippen LogP contribution < -0.4 is 15.4 Å². The molecule has 22 heavy (non-hydrogen) atoms. The monoisotopic (exact) mass is 307 g/mol. The van der Waals surface area contributed by atoms with Crippen molar-refractivity contribution in [3.63, 3.8) is 0 Å². The first kappa shape index (κ1) is 16.5. The first-order valence-electron chi connectivity index (χ1n) is 7.68. The molecule has 1 fully saturated rings. The van der Waals surface area contributed by atoms with Crippen molar-refractivity contribution < 1.29 is 9.53 Å². The quantitative estimate of drug-likeness (QED) is 0.820. The van der Waals surface area contributed by atoms with Gasteiger partial charge in [-0.1, -0.05) is 0 Å². The summed E-state index contributed by atoms with van der Waals surface area (Å²) in [6.45, 7) is 7.46. The van der Waals surface area contributed by atoms with Crippen LogP contribution in [0.15, 0.2) is 12.4 Å². The standard InChI is InChI=1S/C15H25N5O2/c1-11(2)19-14(21)16-6-12-4-5-20(9-12)10-13-7-17-15(22-3)18-8-13/h7-8,11-12H,4-6,9-10H2,1-3H3,(H2,16,19,21)/t12-/m0/s1. The molecule has 2 rings (SSSR count). The number of aromatic nitrogens is 2. The van der Waals surface area contributed by atoms with Crippen LogP contribution in [0.5, 0.6) is 6.01 Å². The number of hydrogen-bond acceptors (Lipinski definition) is 5. The second-order valence-electron chi connectivity index (χ2n) is 5.98. The summed E-state index contributed by atoms with van der Waals surface area (Å²) in [4.78, 5) is 22.2. The van der Waals surface area contributed by atoms with Crippen molar-refractivity contribution in [3.8, 4) is 6.01 Å². The molecule has 7 heteroatoms. The number of hydrogen-bond donors (Lipinski definition) is 2. The van der Waals surface area contributed by atoms with E-state index in [0.717, 1.165) is 31.6 Å². The van der Waals surface area contributed by atoms with Crippen LogP contribution >= 0.6 is 0 Å². The van der Waals surface area contributed by atoms with E-state index in [4.69, 9.17) is 4.74 Å². The number of rotatable bonds is 6. The Labute approximate surface area is 131 Å². The van der Waals surface area contributed by atoms with Crippen LogP contribution in [0.4, 0.5) is 4.79 Å². The molecule has 7 nitrogen and oxygen atoms in total. The average molecular weight is 307 g/mol. The van der Waals surface area contributed by atoms with E-state index in [9.17, 15) is 4.79 Å². The number of methoxy groups -OCH3 is 1. The highest BCUT2D eigenvalue weighted by Gasteiger charge is 2.23. The summed E-state index contributed by atoms with van der Waals surface area (Å²) in [5, 5.41) is 5.77. The summed E-state index contributed by atoms with van der Waals surface area (Å²) < 4.78 is 4.96. The van der Waals surface area contributed by atoms with Crippen molar-refractivity contribution in [2.24, 2.45) is 5.92 Å². The van der Waals surface area contributed by atoms with Gasteiger partial charge in [-0.05, 0) is 32.7 Å². The summed E-state index contributed by atoms with van der Waals surface area (Å²) in [6, 6.07) is 0.468. The molecule has 0 aliphatic carbocycles. The molecule has 1 aromatic rings. The van der Waals surface area contributed by atoms with Gasteiger partial charge in [-0.15, -0.1) is 0 Å². The molecule has 2 N–H and O–H groups in total. The Morgan fingerprint density at radius 3 is 2.82 bits per heavy atom. The fourth-order valence-electron chi connectivity index (χ4n) is 2.56. The number of ether oxygens (including phenoxy) is 1. The van der Waals surface area contributed by atoms with Crippen molar-refractivity contribution in [1.29, 1.82) is 0 Å². The molecule has 1 atom stereocenters. The van der Waals surface area contributed by atoms with E-state index < -0.39 is 0 Å². The Morgan fingerprint density at radius 1 is 1.45 bits per heavy atom. The minimum atomic E-state index is -0.0861. The van der Waals surface area contributed by atoms with Crippen LogP contribution in [0, 0.1) is 5.92 Å². The fourth-order valence-corrected chi connectivity index (χ4v) is 2.56. The molecule has 0 bridgehead atoms. The van der Waals surface area contributed by atoms with Gasteiger partial charge >= 0.3 is 12.0 Å². The Hall–Kier alpha value is -1.89. The van der Waals surface area contributed by atoms with Crippen molar-refractivity contribution in [2.75, 3.05) is 26.7 Å². The highest BCUT2D eigenvalue weighted by molar-refractivity contribution is 5.74. The van der Waals surface area contributed by atoms with Crippen molar-refractivity contribution in [2.45, 2.75) is 32.9 Å². The third-order valence-electron chi connectivity index (χ3n) is 3.61. The van der Waals surface area contributed by atoms with Crippen molar-refractivity contribution in [3.05, 3.63) is 18.0 Å². The summed E-state index contributed by atoms with van der Waals surface area (Å²) >= 11 is 0. The maximum atomic E-state index is 11.6. The molecular weight excluding hydrogens is 282 g/mol. The maximum Gasteiger partial charge on any atom is 0.316 e. The summed E-state index contributed by atoms with van der Waals surface area (Å²) in [5.41, 5.74) is 1.08. The van der Waals surface area contributed by atoms with Crippen molar-refractivity contribution >= 4 is 6.03 Å². The van der Waals surface area contributed by atoms with E-state index in [1.165, 1.54) is 0 Å². The summed E-state index contributed by atoms with van der Waals surface area (Å²) in [6.07, 6.45) is 4.69. The lowest BCUT2D eigenvalue weighted by atomic mass is 10.1. The normalized spacial score (nSPS) is 18.5. The minimum Gasteiger partial charge on any atom is -0.467 e. The largest absolute Gasteiger partial charge is 0.467 e. The molecule has 0 aromatic carbocycles. The van der Waals surface area contributed by atoms with Gasteiger partial charge in [0.05, 0.1) is 7.11 Å². The van der Waals surface area contributed by atoms with Crippen LogP contribution in [-0.4, -0.2) is 53.7 Å². The van der Waals surface area contributed by atoms with Crippen molar-refractivity contribution in [1.82, 2.24) is 25.5 Å². The fraction of sp³-hybridized carbons (Fsp3) is 0.667. The lowest BCUT2D eigenvalue weighted by Gasteiger charge is -2.16. The van der Waals surface area contributed by atoms with Gasteiger partial charge in [0.1, 0.15) is 0 Å². The predicted octanol–water partition coefficient (Wildman–Crippen LogP) is 1.01. The molecule has 2 amide bonds. The molecule has 0 unspecified atom stereocenters. The molecule has 1 aromatic heterocycles. The summed E-state index contributed by atoms with van der Waals surface area (Å²) in [5.74, 6) is 0.497. The molecule has 2 heterocycles. The molecular formula is C15H25N5O2. The number of nitrogens with zero attached hydrogens (tertiary/aromatic N) is 3. The van der Waals surface area contributed by atoms with Crippen LogP contribution in [0.3, 0.4) is 0 Å². The van der Waals surface area contributed by atoms with E-state index in [1.54, 1.807) is 19.5 Å². The lowest BCUT2D eigenvalue weighted by Crippen LogP contribution is -2.41. The molecule has 0 radical (unpaired) electrons. The van der Waals surface area contributed by atoms with Crippen LogP contribution in [0.1, 0.15) is 25.8 Å². The maximum absolute atomic E-state index is 11.6. The number of carbonyl (C=O) groups excluding carboxylic acids is 1. The van der Waals surface area contributed by atoms with E-state index in [2.05, 4.69) is 25.5 Å². The second-order valence-corrected chi connectivity index (χ2v) is 5.98. The van der Waals surface area contributed by atoms with E-state index >= 15 is 0 Å². The van der Waals surface area contributed by atoms with Gasteiger partial charge in [0.15, 0.2) is 0 Å². The van der Waals surface area contributed by atoms with E-state index in [0.29, 0.717) is 18.5 Å². The smallest absolute Gasteiger partial charge is 0.316 e. The zero-order valence-electron chi connectivity index (χ0n) is 13.5. The van der Waals surface area contributed by atoms with Gasteiger partial charge in [-0.2, -0.15) is 0 Å². The van der Waals surface area contributed by atoms with Crippen LogP contribution in [0.25, 0.3) is 0 Å². The average Bonchev–Trinajstić information content (AvgIpc) is 2.93. The number of likely N-dealkylation sites (tertiary alicyclic amines) is 1. The second kappa shape index (κ2) is 7.93. The molecule has 0 saturated carbocycles. The number of urea groups is 1. The van der Waals surface area contributed by atoms with Gasteiger partial charge < -0.3 is 15.4 Å². The first-order chi connectivity index (χ1) is 10.6. The zero-order valence-corrected chi connectivity index (χ0v) is 13.5. The minimum absolute atomic E-state index is 0.0861. The number of amides is 2. The van der Waals surface area contributed by atoms with Crippen LogP contribution in [-0.2, 0) is 6.54 Å². The van der Waals surface area contributed by atoms with Gasteiger partial charge in [0, 0.05) is 43.6 Å². The molecule has 1 aliphatic heterocycles. The predicted molar refractivity (Wildman–Crippen MR) is 83.6 cm³/mol. The third kappa shape index (κ3) is 5.14. The summed E-state index contributed by atoms with van der Waals surface area (Å²) in [7, 11) is 1.56. The Morgan fingerprint density at radius 2 is 2.18 bits per heavy atom. The van der Waals surface area contributed by atoms with Gasteiger partial charge in [-0.3, -0.25) is 4.90 Å². The molecule has 0 spiro atoms. The Bertz CT molecular complexity index is 477. The van der Waals surface area contributed by atoms with Gasteiger partial charge in [0.25, 0.3) is 0 Å². The topological polar surface area (TPSA) is 79.4 Å². The highest BCUT2D eigenvalue weighted by atomic mass is 16.5. The third-order valence-corrected chi connectivity index (χ3v) is 3.61.